The Kier molecular flexibility index (Phi) is 6.11. The highest BCUT2D eigenvalue weighted by molar-refractivity contribution is 6.02. The van der Waals surface area contributed by atoms with Gasteiger partial charge < -0.3 is 10.1 Å². The quantitative estimate of drug-likeness (QED) is 0.824. The summed E-state index contributed by atoms with van der Waals surface area (Å²) in [5.74, 6) is -1.30. The van der Waals surface area contributed by atoms with Crippen LogP contribution in [0.1, 0.15) is 32.6 Å². The van der Waals surface area contributed by atoms with Crippen molar-refractivity contribution in [3.05, 3.63) is 64.2 Å². The third-order valence-electron chi connectivity index (χ3n) is 4.04. The molecule has 0 spiro atoms. The molecule has 2 N–H and O–H groups in total. The number of ether oxygens (including phenoxy) is 1. The van der Waals surface area contributed by atoms with Crippen molar-refractivity contribution in [1.29, 1.82) is 0 Å². The van der Waals surface area contributed by atoms with Crippen LogP contribution in [-0.2, 0) is 9.53 Å². The summed E-state index contributed by atoms with van der Waals surface area (Å²) in [7, 11) is 0. The van der Waals surface area contributed by atoms with Crippen LogP contribution in [0.5, 0.6) is 0 Å². The number of amides is 3. The van der Waals surface area contributed by atoms with Crippen LogP contribution >= 0.6 is 0 Å². The lowest BCUT2D eigenvalue weighted by Gasteiger charge is -2.11. The van der Waals surface area contributed by atoms with Gasteiger partial charge in [-0.3, -0.25) is 10.1 Å². The van der Waals surface area contributed by atoms with Gasteiger partial charge >= 0.3 is 12.0 Å². The number of carbonyl (C=O) groups is 3. The Morgan fingerprint density at radius 2 is 1.69 bits per heavy atom. The molecular formula is C20H22N2O4. The number of anilines is 1. The van der Waals surface area contributed by atoms with Gasteiger partial charge in [0.2, 0.25) is 0 Å². The standard InChI is InChI=1S/C20H22N2O4/c1-12-8-9-17(14(3)10-12)21-20(25)22-18(23)11-26-19(24)16-7-5-6-13(2)15(16)4/h5-10H,11H2,1-4H3,(H2,21,22,23,25). The molecule has 0 radical (unpaired) electrons. The van der Waals surface area contributed by atoms with Gasteiger partial charge in [-0.05, 0) is 56.5 Å². The van der Waals surface area contributed by atoms with Gasteiger partial charge in [0.25, 0.3) is 5.91 Å². The third-order valence-corrected chi connectivity index (χ3v) is 4.04. The zero-order valence-electron chi connectivity index (χ0n) is 15.3. The molecule has 0 aliphatic rings. The summed E-state index contributed by atoms with van der Waals surface area (Å²) in [5, 5.41) is 4.73. The Hall–Kier alpha value is -3.15. The van der Waals surface area contributed by atoms with Crippen molar-refractivity contribution < 1.29 is 19.1 Å². The van der Waals surface area contributed by atoms with Gasteiger partial charge in [-0.1, -0.05) is 29.8 Å². The first-order valence-corrected chi connectivity index (χ1v) is 8.19. The monoisotopic (exact) mass is 354 g/mol. The van der Waals surface area contributed by atoms with Crippen LogP contribution in [0.2, 0.25) is 0 Å². The van der Waals surface area contributed by atoms with Crippen LogP contribution in [0.3, 0.4) is 0 Å². The van der Waals surface area contributed by atoms with E-state index in [1.807, 2.05) is 45.9 Å². The van der Waals surface area contributed by atoms with Crippen molar-refractivity contribution in [2.24, 2.45) is 0 Å². The largest absolute Gasteiger partial charge is 0.452 e. The number of hydrogen-bond acceptors (Lipinski definition) is 4. The van der Waals surface area contributed by atoms with Crippen molar-refractivity contribution >= 4 is 23.6 Å². The summed E-state index contributed by atoms with van der Waals surface area (Å²) in [6, 6.07) is 10.1. The van der Waals surface area contributed by atoms with E-state index >= 15 is 0 Å². The van der Waals surface area contributed by atoms with Crippen LogP contribution in [0.25, 0.3) is 0 Å². The molecule has 3 amide bonds. The highest BCUT2D eigenvalue weighted by Gasteiger charge is 2.15. The number of urea groups is 1. The van der Waals surface area contributed by atoms with Gasteiger partial charge in [0.15, 0.2) is 6.61 Å². The van der Waals surface area contributed by atoms with Gasteiger partial charge in [-0.25, -0.2) is 9.59 Å². The molecule has 0 aliphatic carbocycles. The summed E-state index contributed by atoms with van der Waals surface area (Å²) in [4.78, 5) is 35.8. The Morgan fingerprint density at radius 1 is 0.962 bits per heavy atom. The number of hydrogen-bond donors (Lipinski definition) is 2. The summed E-state index contributed by atoms with van der Waals surface area (Å²) >= 11 is 0. The van der Waals surface area contributed by atoms with Gasteiger partial charge in [0.05, 0.1) is 5.56 Å². The van der Waals surface area contributed by atoms with E-state index < -0.39 is 24.5 Å². The van der Waals surface area contributed by atoms with Crippen LogP contribution in [-0.4, -0.2) is 24.5 Å². The smallest absolute Gasteiger partial charge is 0.338 e. The SMILES string of the molecule is Cc1ccc(NC(=O)NC(=O)COC(=O)c2cccc(C)c2C)c(C)c1. The van der Waals surface area contributed by atoms with Crippen molar-refractivity contribution in [2.45, 2.75) is 27.7 Å². The summed E-state index contributed by atoms with van der Waals surface area (Å²) in [6.07, 6.45) is 0. The third kappa shape index (κ3) is 4.92. The topological polar surface area (TPSA) is 84.5 Å². The molecule has 2 aromatic carbocycles. The summed E-state index contributed by atoms with van der Waals surface area (Å²) in [6.45, 7) is 6.97. The van der Waals surface area contributed by atoms with Crippen molar-refractivity contribution in [3.8, 4) is 0 Å². The van der Waals surface area contributed by atoms with E-state index in [0.717, 1.165) is 22.3 Å². The minimum atomic E-state index is -0.703. The number of rotatable bonds is 4. The fourth-order valence-electron chi connectivity index (χ4n) is 2.45. The van der Waals surface area contributed by atoms with Crippen molar-refractivity contribution in [1.82, 2.24) is 5.32 Å². The average molecular weight is 354 g/mol. The second-order valence-corrected chi connectivity index (χ2v) is 6.14. The molecule has 2 rings (SSSR count). The predicted molar refractivity (Wildman–Crippen MR) is 99.3 cm³/mol. The first kappa shape index (κ1) is 19.2. The molecule has 0 aliphatic heterocycles. The molecule has 0 bridgehead atoms. The number of esters is 1. The lowest BCUT2D eigenvalue weighted by molar-refractivity contribution is -0.123. The molecule has 0 fully saturated rings. The van der Waals surface area contributed by atoms with Gasteiger partial charge in [-0.2, -0.15) is 0 Å². The Balaban J connectivity index is 1.87. The van der Waals surface area contributed by atoms with E-state index in [9.17, 15) is 14.4 Å². The predicted octanol–water partition coefficient (Wildman–Crippen LogP) is 3.43. The molecule has 2 aromatic rings. The number of aryl methyl sites for hydroxylation is 3. The van der Waals surface area contributed by atoms with E-state index in [1.54, 1.807) is 18.2 Å². The fourth-order valence-corrected chi connectivity index (χ4v) is 2.45. The zero-order chi connectivity index (χ0) is 19.3. The lowest BCUT2D eigenvalue weighted by atomic mass is 10.0. The first-order chi connectivity index (χ1) is 12.3. The molecule has 136 valence electrons. The molecule has 0 unspecified atom stereocenters. The van der Waals surface area contributed by atoms with Gasteiger partial charge in [0.1, 0.15) is 0 Å². The second-order valence-electron chi connectivity index (χ2n) is 6.14. The zero-order valence-corrected chi connectivity index (χ0v) is 15.3. The maximum Gasteiger partial charge on any atom is 0.338 e. The highest BCUT2D eigenvalue weighted by Crippen LogP contribution is 2.16. The first-order valence-electron chi connectivity index (χ1n) is 8.19. The molecular weight excluding hydrogens is 332 g/mol. The average Bonchev–Trinajstić information content (AvgIpc) is 2.57. The number of benzene rings is 2. The van der Waals surface area contributed by atoms with E-state index in [2.05, 4.69) is 10.6 Å². The fraction of sp³-hybridized carbons (Fsp3) is 0.250. The van der Waals surface area contributed by atoms with Crippen LogP contribution in [0, 0.1) is 27.7 Å². The minimum Gasteiger partial charge on any atom is -0.452 e. The van der Waals surface area contributed by atoms with Crippen molar-refractivity contribution in [3.63, 3.8) is 0 Å². The van der Waals surface area contributed by atoms with E-state index in [1.165, 1.54) is 0 Å². The normalized spacial score (nSPS) is 10.2. The van der Waals surface area contributed by atoms with Gasteiger partial charge in [-0.15, -0.1) is 0 Å². The maximum atomic E-state index is 12.1. The Labute approximate surface area is 152 Å². The molecule has 0 saturated heterocycles. The lowest BCUT2D eigenvalue weighted by Crippen LogP contribution is -2.37. The molecule has 0 heterocycles. The molecule has 6 heteroatoms. The summed E-state index contributed by atoms with van der Waals surface area (Å²) in [5.41, 5.74) is 4.71. The summed E-state index contributed by atoms with van der Waals surface area (Å²) < 4.78 is 4.99. The molecule has 0 aromatic heterocycles. The van der Waals surface area contributed by atoms with Crippen LogP contribution in [0.15, 0.2) is 36.4 Å². The van der Waals surface area contributed by atoms with E-state index in [0.29, 0.717) is 11.3 Å². The maximum absolute atomic E-state index is 12.1. The van der Waals surface area contributed by atoms with Crippen LogP contribution in [0.4, 0.5) is 10.5 Å². The van der Waals surface area contributed by atoms with E-state index in [-0.39, 0.29) is 0 Å². The molecule has 6 nitrogen and oxygen atoms in total. The van der Waals surface area contributed by atoms with Crippen LogP contribution < -0.4 is 10.6 Å². The number of imide groups is 1. The minimum absolute atomic E-state index is 0.400. The number of nitrogens with one attached hydrogen (secondary N) is 2. The van der Waals surface area contributed by atoms with E-state index in [4.69, 9.17) is 4.74 Å². The second kappa shape index (κ2) is 8.29. The number of carbonyl (C=O) groups excluding carboxylic acids is 3. The Bertz CT molecular complexity index is 859. The van der Waals surface area contributed by atoms with Gasteiger partial charge in [0, 0.05) is 5.69 Å². The Morgan fingerprint density at radius 3 is 2.38 bits per heavy atom. The molecule has 0 saturated carbocycles. The molecule has 0 atom stereocenters. The van der Waals surface area contributed by atoms with Crippen molar-refractivity contribution in [2.75, 3.05) is 11.9 Å². The highest BCUT2D eigenvalue weighted by atomic mass is 16.5. The molecule has 26 heavy (non-hydrogen) atoms.